The Bertz CT molecular complexity index is 560. The van der Waals surface area contributed by atoms with Crippen molar-refractivity contribution in [3.8, 4) is 0 Å². The van der Waals surface area contributed by atoms with Crippen LogP contribution in [0.3, 0.4) is 0 Å². The number of rotatable bonds is 2. The fraction of sp³-hybridized carbons (Fsp3) is 0. The van der Waals surface area contributed by atoms with Gasteiger partial charge >= 0.3 is 0 Å². The van der Waals surface area contributed by atoms with Crippen molar-refractivity contribution in [3.05, 3.63) is 12.7 Å². The molecule has 9 heteroatoms. The standard InChI is InChI=1S/C5H6N6O2S/c6-14(12,13)11-5-3-4(8-1-7-3)9-2-10-5/h1-2H,(H2,6,12,13)(H2,7,8,9,10,11). The molecule has 2 heterocycles. The van der Waals surface area contributed by atoms with Crippen LogP contribution in [0.25, 0.3) is 11.2 Å². The van der Waals surface area contributed by atoms with Crippen LogP contribution in [0.1, 0.15) is 0 Å². The molecule has 0 aromatic carbocycles. The van der Waals surface area contributed by atoms with Gasteiger partial charge in [-0.05, 0) is 0 Å². The number of nitrogens with one attached hydrogen (secondary N) is 2. The number of nitrogens with zero attached hydrogens (tertiary/aromatic N) is 3. The Hall–Kier alpha value is -1.74. The second-order valence-corrected chi connectivity index (χ2v) is 3.76. The first-order valence-electron chi connectivity index (χ1n) is 3.51. The van der Waals surface area contributed by atoms with Crippen molar-refractivity contribution in [1.82, 2.24) is 19.9 Å². The Labute approximate surface area is 78.8 Å². The summed E-state index contributed by atoms with van der Waals surface area (Å²) in [5, 5.41) is 4.79. The average Bonchev–Trinajstić information content (AvgIpc) is 2.49. The molecule has 0 unspecified atom stereocenters. The third-order valence-corrected chi connectivity index (χ3v) is 1.94. The lowest BCUT2D eigenvalue weighted by Gasteiger charge is -2.01. The van der Waals surface area contributed by atoms with Crippen LogP contribution in [-0.4, -0.2) is 28.4 Å². The number of anilines is 1. The highest BCUT2D eigenvalue weighted by molar-refractivity contribution is 7.90. The van der Waals surface area contributed by atoms with E-state index in [2.05, 4.69) is 19.9 Å². The van der Waals surface area contributed by atoms with Crippen LogP contribution >= 0.6 is 0 Å². The van der Waals surface area contributed by atoms with E-state index in [1.807, 2.05) is 4.72 Å². The maximum atomic E-state index is 10.7. The highest BCUT2D eigenvalue weighted by atomic mass is 32.2. The lowest BCUT2D eigenvalue weighted by molar-refractivity contribution is 0.602. The van der Waals surface area contributed by atoms with Crippen molar-refractivity contribution < 1.29 is 8.42 Å². The quantitative estimate of drug-likeness (QED) is 0.589. The zero-order chi connectivity index (χ0) is 10.2. The predicted molar refractivity (Wildman–Crippen MR) is 48.4 cm³/mol. The van der Waals surface area contributed by atoms with Gasteiger partial charge in [-0.1, -0.05) is 0 Å². The molecule has 0 spiro atoms. The molecule has 0 fully saturated rings. The number of nitrogens with two attached hydrogens (primary N) is 1. The van der Waals surface area contributed by atoms with E-state index in [9.17, 15) is 8.42 Å². The fourth-order valence-corrected chi connectivity index (χ4v) is 1.40. The van der Waals surface area contributed by atoms with E-state index in [-0.39, 0.29) is 5.82 Å². The molecule has 74 valence electrons. The molecule has 4 N–H and O–H groups in total. The summed E-state index contributed by atoms with van der Waals surface area (Å²) in [6, 6.07) is 0. The maximum Gasteiger partial charge on any atom is 0.297 e. The zero-order valence-corrected chi connectivity index (χ0v) is 7.61. The molecule has 0 saturated heterocycles. The van der Waals surface area contributed by atoms with Gasteiger partial charge in [-0.15, -0.1) is 0 Å². The first kappa shape index (κ1) is 8.84. The van der Waals surface area contributed by atoms with Gasteiger partial charge in [0.1, 0.15) is 11.8 Å². The van der Waals surface area contributed by atoms with E-state index < -0.39 is 10.2 Å². The largest absolute Gasteiger partial charge is 0.340 e. The van der Waals surface area contributed by atoms with Gasteiger partial charge in [-0.25, -0.2) is 20.1 Å². The van der Waals surface area contributed by atoms with Crippen LogP contribution in [0.15, 0.2) is 12.7 Å². The fourth-order valence-electron chi connectivity index (χ4n) is 0.977. The van der Waals surface area contributed by atoms with Crippen molar-refractivity contribution >= 4 is 27.2 Å². The SMILES string of the molecule is NS(=O)(=O)Nc1ncnc2nc[nH]c12. The molecule has 0 aliphatic carbocycles. The second kappa shape index (κ2) is 2.89. The summed E-state index contributed by atoms with van der Waals surface area (Å²) in [5.74, 6) is 0.0787. The minimum Gasteiger partial charge on any atom is -0.340 e. The number of fused-ring (bicyclic) bond motifs is 1. The van der Waals surface area contributed by atoms with Gasteiger partial charge in [0, 0.05) is 0 Å². The summed E-state index contributed by atoms with van der Waals surface area (Å²) in [5.41, 5.74) is 0.757. The molecule has 0 radical (unpaired) electrons. The predicted octanol–water partition coefficient (Wildman–Crippen LogP) is -1.03. The van der Waals surface area contributed by atoms with Crippen LogP contribution in [-0.2, 0) is 10.2 Å². The first-order valence-corrected chi connectivity index (χ1v) is 5.05. The van der Waals surface area contributed by atoms with Gasteiger partial charge < -0.3 is 4.98 Å². The van der Waals surface area contributed by atoms with Gasteiger partial charge in [0.05, 0.1) is 6.33 Å². The Kier molecular flexibility index (Phi) is 1.82. The van der Waals surface area contributed by atoms with E-state index in [4.69, 9.17) is 5.14 Å². The lowest BCUT2D eigenvalue weighted by atomic mass is 10.5. The van der Waals surface area contributed by atoms with E-state index in [1.54, 1.807) is 0 Å². The maximum absolute atomic E-state index is 10.7. The normalized spacial score (nSPS) is 11.8. The van der Waals surface area contributed by atoms with Crippen LogP contribution < -0.4 is 9.86 Å². The van der Waals surface area contributed by atoms with Gasteiger partial charge in [-0.2, -0.15) is 8.42 Å². The topological polar surface area (TPSA) is 127 Å². The van der Waals surface area contributed by atoms with Crippen molar-refractivity contribution in [1.29, 1.82) is 0 Å². The van der Waals surface area contributed by atoms with Crippen molar-refractivity contribution in [2.24, 2.45) is 5.14 Å². The van der Waals surface area contributed by atoms with Gasteiger partial charge in [0.25, 0.3) is 10.2 Å². The van der Waals surface area contributed by atoms with Crippen LogP contribution in [0.4, 0.5) is 5.82 Å². The molecule has 14 heavy (non-hydrogen) atoms. The molecule has 2 aromatic heterocycles. The Balaban J connectivity index is 2.57. The summed E-state index contributed by atoms with van der Waals surface area (Å²) < 4.78 is 23.5. The summed E-state index contributed by atoms with van der Waals surface area (Å²) >= 11 is 0. The zero-order valence-electron chi connectivity index (χ0n) is 6.80. The molecule has 8 nitrogen and oxygen atoms in total. The second-order valence-electron chi connectivity index (χ2n) is 2.47. The lowest BCUT2D eigenvalue weighted by Crippen LogP contribution is -2.22. The van der Waals surface area contributed by atoms with Crippen molar-refractivity contribution in [2.75, 3.05) is 4.72 Å². The van der Waals surface area contributed by atoms with E-state index in [0.29, 0.717) is 11.2 Å². The summed E-state index contributed by atoms with van der Waals surface area (Å²) in [4.78, 5) is 14.0. The van der Waals surface area contributed by atoms with Gasteiger partial charge in [0.2, 0.25) is 0 Å². The third kappa shape index (κ3) is 1.63. The minimum absolute atomic E-state index is 0.0787. The Morgan fingerprint density at radius 1 is 1.36 bits per heavy atom. The molecule has 0 amide bonds. The first-order chi connectivity index (χ1) is 6.56. The van der Waals surface area contributed by atoms with Gasteiger partial charge in [0.15, 0.2) is 11.5 Å². The number of hydrogen-bond acceptors (Lipinski definition) is 5. The number of hydrogen-bond donors (Lipinski definition) is 3. The molecule has 2 aromatic rings. The molecule has 2 rings (SSSR count). The summed E-state index contributed by atoms with van der Waals surface area (Å²) in [6.45, 7) is 0. The molecule has 0 atom stereocenters. The van der Waals surface area contributed by atoms with Crippen molar-refractivity contribution in [3.63, 3.8) is 0 Å². The monoisotopic (exact) mass is 214 g/mol. The Morgan fingerprint density at radius 3 is 2.86 bits per heavy atom. The van der Waals surface area contributed by atoms with E-state index in [0.717, 1.165) is 0 Å². The summed E-state index contributed by atoms with van der Waals surface area (Å²) in [7, 11) is -3.83. The molecule has 0 bridgehead atoms. The van der Waals surface area contributed by atoms with Crippen LogP contribution in [0.5, 0.6) is 0 Å². The van der Waals surface area contributed by atoms with Crippen molar-refractivity contribution in [2.45, 2.75) is 0 Å². The number of aromatic amines is 1. The highest BCUT2D eigenvalue weighted by Crippen LogP contribution is 2.14. The Morgan fingerprint density at radius 2 is 2.14 bits per heavy atom. The van der Waals surface area contributed by atoms with Crippen LogP contribution in [0.2, 0.25) is 0 Å². The molecule has 0 aliphatic rings. The van der Waals surface area contributed by atoms with E-state index in [1.165, 1.54) is 12.7 Å². The number of H-pyrrole nitrogens is 1. The minimum atomic E-state index is -3.83. The third-order valence-electron chi connectivity index (χ3n) is 1.46. The molecule has 0 saturated carbocycles. The van der Waals surface area contributed by atoms with Crippen LogP contribution in [0, 0.1) is 0 Å². The molecular formula is C5H6N6O2S. The molecular weight excluding hydrogens is 208 g/mol. The number of aromatic nitrogens is 4. The van der Waals surface area contributed by atoms with Gasteiger partial charge in [-0.3, -0.25) is 4.72 Å². The summed E-state index contributed by atoms with van der Waals surface area (Å²) in [6.07, 6.45) is 2.57. The number of imidazole rings is 1. The highest BCUT2D eigenvalue weighted by Gasteiger charge is 2.09. The molecule has 0 aliphatic heterocycles. The average molecular weight is 214 g/mol. The smallest absolute Gasteiger partial charge is 0.297 e. The van der Waals surface area contributed by atoms with E-state index >= 15 is 0 Å².